The molecule has 1 N–H and O–H groups in total. The van der Waals surface area contributed by atoms with E-state index < -0.39 is 0 Å². The lowest BCUT2D eigenvalue weighted by atomic mass is 10.0. The van der Waals surface area contributed by atoms with Crippen molar-refractivity contribution in [3.63, 3.8) is 0 Å². The highest BCUT2D eigenvalue weighted by Gasteiger charge is 2.05. The van der Waals surface area contributed by atoms with E-state index in [2.05, 4.69) is 40.8 Å². The van der Waals surface area contributed by atoms with Gasteiger partial charge in [-0.3, -0.25) is 4.79 Å². The third-order valence-corrected chi connectivity index (χ3v) is 4.66. The number of amides is 1. The van der Waals surface area contributed by atoms with E-state index in [1.165, 1.54) is 5.56 Å². The Morgan fingerprint density at radius 3 is 2.43 bits per heavy atom. The first-order valence-electron chi connectivity index (χ1n) is 9.60. The van der Waals surface area contributed by atoms with Gasteiger partial charge in [0.2, 0.25) is 5.91 Å². The molecule has 146 valence electrons. The number of nitrogens with zero attached hydrogens (tertiary/aromatic N) is 2. The number of ether oxygens (including phenoxy) is 1. The van der Waals surface area contributed by atoms with E-state index in [4.69, 9.17) is 4.74 Å². The second kappa shape index (κ2) is 9.22. The van der Waals surface area contributed by atoms with Crippen LogP contribution in [0.2, 0.25) is 0 Å². The largest absolute Gasteiger partial charge is 0.493 e. The smallest absolute Gasteiger partial charge is 0.227 e. The number of hydrogen-bond acceptors (Lipinski definition) is 3. The van der Waals surface area contributed by atoms with E-state index >= 15 is 0 Å². The van der Waals surface area contributed by atoms with Crippen LogP contribution in [0.5, 0.6) is 5.75 Å². The Morgan fingerprint density at radius 1 is 1.11 bits per heavy atom. The molecule has 2 aromatic carbocycles. The normalized spacial score (nSPS) is 10.9. The van der Waals surface area contributed by atoms with Gasteiger partial charge in [-0.2, -0.15) is 0 Å². The average Bonchev–Trinajstić information content (AvgIpc) is 3.08. The van der Waals surface area contributed by atoms with Crippen LogP contribution in [0, 0.1) is 6.92 Å². The zero-order valence-corrected chi connectivity index (χ0v) is 16.7. The van der Waals surface area contributed by atoms with Crippen molar-refractivity contribution in [2.75, 3.05) is 11.9 Å². The maximum atomic E-state index is 12.1. The predicted octanol–water partition coefficient (Wildman–Crippen LogP) is 4.77. The summed E-state index contributed by atoms with van der Waals surface area (Å²) in [5.41, 5.74) is 3.22. The molecule has 0 aliphatic heterocycles. The van der Waals surface area contributed by atoms with Crippen molar-refractivity contribution >= 4 is 11.6 Å². The van der Waals surface area contributed by atoms with Gasteiger partial charge in [0.05, 0.1) is 13.0 Å². The molecule has 0 atom stereocenters. The van der Waals surface area contributed by atoms with Crippen LogP contribution in [-0.4, -0.2) is 22.1 Å². The third kappa shape index (κ3) is 5.46. The Morgan fingerprint density at radius 2 is 1.82 bits per heavy atom. The van der Waals surface area contributed by atoms with E-state index in [0.29, 0.717) is 18.9 Å². The number of nitrogens with one attached hydrogen (secondary N) is 1. The molecule has 0 aliphatic carbocycles. The number of rotatable bonds is 8. The predicted molar refractivity (Wildman–Crippen MR) is 112 cm³/mol. The van der Waals surface area contributed by atoms with Gasteiger partial charge in [-0.25, -0.2) is 4.98 Å². The van der Waals surface area contributed by atoms with Gasteiger partial charge in [-0.1, -0.05) is 38.1 Å². The van der Waals surface area contributed by atoms with Crippen molar-refractivity contribution in [1.29, 1.82) is 0 Å². The second-order valence-corrected chi connectivity index (χ2v) is 7.17. The molecule has 1 aromatic heterocycles. The number of aryl methyl sites for hydroxylation is 1. The molecule has 0 spiro atoms. The minimum Gasteiger partial charge on any atom is -0.493 e. The summed E-state index contributed by atoms with van der Waals surface area (Å²) in [5.74, 6) is 2.21. The van der Waals surface area contributed by atoms with Gasteiger partial charge in [0.1, 0.15) is 11.6 Å². The van der Waals surface area contributed by atoms with Crippen molar-refractivity contribution in [2.24, 2.45) is 0 Å². The highest BCUT2D eigenvalue weighted by Crippen LogP contribution is 2.18. The standard InChI is InChI=1S/C23H27N3O2/c1-17(2)20-6-10-22(11-7-20)28-15-12-23(27)25-21-8-4-19(5-9-21)16-26-14-13-24-18(26)3/h4-11,13-14,17H,12,15-16H2,1-3H3,(H,25,27). The van der Waals surface area contributed by atoms with Gasteiger partial charge in [0.25, 0.3) is 0 Å². The van der Waals surface area contributed by atoms with Crippen LogP contribution in [-0.2, 0) is 11.3 Å². The summed E-state index contributed by atoms with van der Waals surface area (Å²) in [6, 6.07) is 15.9. The Bertz CT molecular complexity index is 896. The first-order chi connectivity index (χ1) is 13.5. The zero-order valence-electron chi connectivity index (χ0n) is 16.7. The highest BCUT2D eigenvalue weighted by atomic mass is 16.5. The molecule has 0 radical (unpaired) electrons. The first kappa shape index (κ1) is 19.7. The van der Waals surface area contributed by atoms with Crippen LogP contribution >= 0.6 is 0 Å². The number of benzene rings is 2. The molecule has 1 amide bonds. The number of imidazole rings is 1. The lowest BCUT2D eigenvalue weighted by Crippen LogP contribution is -2.15. The van der Waals surface area contributed by atoms with Crippen LogP contribution in [0.3, 0.4) is 0 Å². The molecule has 0 aliphatic rings. The summed E-state index contributed by atoms with van der Waals surface area (Å²) < 4.78 is 7.75. The van der Waals surface area contributed by atoms with E-state index in [1.807, 2.05) is 49.5 Å². The number of carbonyl (C=O) groups excluding carboxylic acids is 1. The van der Waals surface area contributed by atoms with E-state index in [-0.39, 0.29) is 5.91 Å². The third-order valence-electron chi connectivity index (χ3n) is 4.66. The number of anilines is 1. The molecule has 0 saturated carbocycles. The molecule has 0 fully saturated rings. The zero-order chi connectivity index (χ0) is 19.9. The molecule has 3 aromatic rings. The Kier molecular flexibility index (Phi) is 6.48. The fraction of sp³-hybridized carbons (Fsp3) is 0.304. The first-order valence-corrected chi connectivity index (χ1v) is 9.60. The summed E-state index contributed by atoms with van der Waals surface area (Å²) in [6.45, 7) is 7.42. The summed E-state index contributed by atoms with van der Waals surface area (Å²) in [7, 11) is 0. The summed E-state index contributed by atoms with van der Waals surface area (Å²) >= 11 is 0. The molecule has 1 heterocycles. The Hall–Kier alpha value is -3.08. The van der Waals surface area contributed by atoms with E-state index in [0.717, 1.165) is 29.4 Å². The molecule has 5 nitrogen and oxygen atoms in total. The molecular weight excluding hydrogens is 350 g/mol. The SMILES string of the molecule is Cc1nccn1Cc1ccc(NC(=O)CCOc2ccc(C(C)C)cc2)cc1. The molecule has 0 bridgehead atoms. The maximum absolute atomic E-state index is 12.1. The van der Waals surface area contributed by atoms with Crippen molar-refractivity contribution in [2.45, 2.75) is 39.7 Å². The minimum atomic E-state index is -0.0583. The van der Waals surface area contributed by atoms with Crippen LogP contribution in [0.1, 0.15) is 43.1 Å². The van der Waals surface area contributed by atoms with Gasteiger partial charge >= 0.3 is 0 Å². The lowest BCUT2D eigenvalue weighted by molar-refractivity contribution is -0.116. The molecular formula is C23H27N3O2. The Balaban J connectivity index is 1.43. The molecule has 28 heavy (non-hydrogen) atoms. The quantitative estimate of drug-likeness (QED) is 0.615. The average molecular weight is 377 g/mol. The van der Waals surface area contributed by atoms with Gasteiger partial charge in [-0.05, 0) is 48.2 Å². The summed E-state index contributed by atoms with van der Waals surface area (Å²) in [6.07, 6.45) is 4.06. The van der Waals surface area contributed by atoms with Gasteiger partial charge in [0, 0.05) is 24.6 Å². The molecule has 0 saturated heterocycles. The van der Waals surface area contributed by atoms with Gasteiger partial charge in [0.15, 0.2) is 0 Å². The monoisotopic (exact) mass is 377 g/mol. The Labute approximate surface area is 166 Å². The van der Waals surface area contributed by atoms with Crippen molar-refractivity contribution in [3.8, 4) is 5.75 Å². The fourth-order valence-electron chi connectivity index (χ4n) is 2.90. The van der Waals surface area contributed by atoms with E-state index in [1.54, 1.807) is 6.20 Å². The lowest BCUT2D eigenvalue weighted by Gasteiger charge is -2.10. The number of carbonyl (C=O) groups is 1. The number of hydrogen-bond donors (Lipinski definition) is 1. The van der Waals surface area contributed by atoms with Crippen molar-refractivity contribution in [1.82, 2.24) is 9.55 Å². The number of aromatic nitrogens is 2. The fourth-order valence-corrected chi connectivity index (χ4v) is 2.90. The van der Waals surface area contributed by atoms with Crippen LogP contribution < -0.4 is 10.1 Å². The molecule has 5 heteroatoms. The molecule has 0 unspecified atom stereocenters. The molecule has 3 rings (SSSR count). The second-order valence-electron chi connectivity index (χ2n) is 7.17. The topological polar surface area (TPSA) is 56.2 Å². The summed E-state index contributed by atoms with van der Waals surface area (Å²) in [5, 5.41) is 2.91. The van der Waals surface area contributed by atoms with Gasteiger partial charge in [-0.15, -0.1) is 0 Å². The van der Waals surface area contributed by atoms with Crippen LogP contribution in [0.4, 0.5) is 5.69 Å². The minimum absolute atomic E-state index is 0.0583. The van der Waals surface area contributed by atoms with E-state index in [9.17, 15) is 4.79 Å². The highest BCUT2D eigenvalue weighted by molar-refractivity contribution is 5.90. The van der Waals surface area contributed by atoms with Gasteiger partial charge < -0.3 is 14.6 Å². The summed E-state index contributed by atoms with van der Waals surface area (Å²) in [4.78, 5) is 16.4. The maximum Gasteiger partial charge on any atom is 0.227 e. The van der Waals surface area contributed by atoms with Crippen LogP contribution in [0.15, 0.2) is 60.9 Å². The van der Waals surface area contributed by atoms with Crippen LogP contribution in [0.25, 0.3) is 0 Å². The van der Waals surface area contributed by atoms with Crippen molar-refractivity contribution in [3.05, 3.63) is 77.9 Å². The van der Waals surface area contributed by atoms with Crippen molar-refractivity contribution < 1.29 is 9.53 Å².